The highest BCUT2D eigenvalue weighted by atomic mass is 32.2. The van der Waals surface area contributed by atoms with Crippen LogP contribution in [0.1, 0.15) is 25.6 Å². The van der Waals surface area contributed by atoms with Gasteiger partial charge in [0.05, 0.1) is 28.7 Å². The third-order valence-electron chi connectivity index (χ3n) is 3.73. The molecule has 0 aliphatic carbocycles. The SMILES string of the molecule is CC(C)n1nc(CS(=O)(=O)c2ccc(OC/C(=C/F)CN)cc2)ccc1=O. The Morgan fingerprint density at radius 2 is 1.93 bits per heavy atom. The number of halogens is 1. The highest BCUT2D eigenvalue weighted by Crippen LogP contribution is 2.20. The number of nitrogens with zero attached hydrogens (tertiary/aromatic N) is 2. The van der Waals surface area contributed by atoms with Gasteiger partial charge in [-0.15, -0.1) is 0 Å². The fourth-order valence-electron chi connectivity index (χ4n) is 2.24. The molecule has 9 heteroatoms. The van der Waals surface area contributed by atoms with Gasteiger partial charge >= 0.3 is 0 Å². The molecule has 0 amide bonds. The molecule has 1 aromatic carbocycles. The van der Waals surface area contributed by atoms with Gasteiger partial charge < -0.3 is 10.5 Å². The molecule has 2 N–H and O–H groups in total. The fourth-order valence-corrected chi connectivity index (χ4v) is 3.50. The first-order chi connectivity index (χ1) is 12.8. The lowest BCUT2D eigenvalue weighted by atomic mass is 10.3. The van der Waals surface area contributed by atoms with Crippen molar-refractivity contribution in [1.82, 2.24) is 9.78 Å². The van der Waals surface area contributed by atoms with Gasteiger partial charge in [0.2, 0.25) is 0 Å². The number of nitrogens with two attached hydrogens (primary N) is 1. The van der Waals surface area contributed by atoms with E-state index >= 15 is 0 Å². The lowest BCUT2D eigenvalue weighted by Gasteiger charge is -2.11. The summed E-state index contributed by atoms with van der Waals surface area (Å²) in [7, 11) is -3.65. The minimum Gasteiger partial charge on any atom is -0.489 e. The van der Waals surface area contributed by atoms with Crippen LogP contribution in [-0.4, -0.2) is 31.3 Å². The maximum Gasteiger partial charge on any atom is 0.266 e. The molecule has 1 heterocycles. The van der Waals surface area contributed by atoms with Gasteiger partial charge in [-0.1, -0.05) is 0 Å². The Balaban J connectivity index is 2.15. The fraction of sp³-hybridized carbons (Fsp3) is 0.333. The quantitative estimate of drug-likeness (QED) is 0.733. The van der Waals surface area contributed by atoms with Crippen LogP contribution in [0.2, 0.25) is 0 Å². The highest BCUT2D eigenvalue weighted by molar-refractivity contribution is 7.90. The van der Waals surface area contributed by atoms with E-state index in [1.807, 2.05) is 0 Å². The molecule has 0 aliphatic rings. The zero-order valence-corrected chi connectivity index (χ0v) is 15.9. The number of hydrogen-bond acceptors (Lipinski definition) is 6. The molecule has 0 fully saturated rings. The summed E-state index contributed by atoms with van der Waals surface area (Å²) < 4.78 is 44.3. The van der Waals surface area contributed by atoms with Crippen LogP contribution in [0.5, 0.6) is 5.75 Å². The predicted octanol–water partition coefficient (Wildman–Crippen LogP) is 1.99. The molecular formula is C18H22FN3O4S. The second kappa shape index (κ2) is 8.92. The second-order valence-corrected chi connectivity index (χ2v) is 8.18. The van der Waals surface area contributed by atoms with Gasteiger partial charge in [0.25, 0.3) is 5.56 Å². The first kappa shape index (κ1) is 20.8. The van der Waals surface area contributed by atoms with Crippen molar-refractivity contribution in [2.45, 2.75) is 30.5 Å². The van der Waals surface area contributed by atoms with Gasteiger partial charge in [-0.05, 0) is 44.2 Å². The maximum atomic E-state index is 12.6. The van der Waals surface area contributed by atoms with Crippen molar-refractivity contribution in [3.63, 3.8) is 0 Å². The van der Waals surface area contributed by atoms with Crippen LogP contribution in [0.15, 0.2) is 58.0 Å². The molecule has 146 valence electrons. The molecule has 0 spiro atoms. The zero-order valence-electron chi connectivity index (χ0n) is 15.1. The number of aromatic nitrogens is 2. The highest BCUT2D eigenvalue weighted by Gasteiger charge is 2.17. The number of ether oxygens (including phenoxy) is 1. The van der Waals surface area contributed by atoms with Gasteiger partial charge in [-0.3, -0.25) is 4.79 Å². The van der Waals surface area contributed by atoms with Crippen molar-refractivity contribution in [3.05, 3.63) is 64.3 Å². The van der Waals surface area contributed by atoms with Crippen molar-refractivity contribution in [1.29, 1.82) is 0 Å². The lowest BCUT2D eigenvalue weighted by molar-refractivity contribution is 0.347. The summed E-state index contributed by atoms with van der Waals surface area (Å²) >= 11 is 0. The van der Waals surface area contributed by atoms with Crippen LogP contribution in [0.25, 0.3) is 0 Å². The molecule has 7 nitrogen and oxygen atoms in total. The average molecular weight is 395 g/mol. The topological polar surface area (TPSA) is 104 Å². The van der Waals surface area contributed by atoms with Crippen molar-refractivity contribution in [3.8, 4) is 5.75 Å². The third kappa shape index (κ3) is 5.48. The Kier molecular flexibility index (Phi) is 6.86. The van der Waals surface area contributed by atoms with Crippen molar-refractivity contribution in [2.75, 3.05) is 13.2 Å². The summed E-state index contributed by atoms with van der Waals surface area (Å²) in [5, 5.41) is 4.11. The molecule has 0 radical (unpaired) electrons. The maximum absolute atomic E-state index is 12.6. The number of benzene rings is 1. The van der Waals surface area contributed by atoms with E-state index < -0.39 is 9.84 Å². The smallest absolute Gasteiger partial charge is 0.266 e. The van der Waals surface area contributed by atoms with Crippen LogP contribution in [-0.2, 0) is 15.6 Å². The zero-order chi connectivity index (χ0) is 20.0. The second-order valence-electron chi connectivity index (χ2n) is 6.19. The summed E-state index contributed by atoms with van der Waals surface area (Å²) in [4.78, 5) is 11.8. The molecular weight excluding hydrogens is 373 g/mol. The lowest BCUT2D eigenvalue weighted by Crippen LogP contribution is -2.25. The molecule has 0 saturated carbocycles. The van der Waals surface area contributed by atoms with E-state index in [1.54, 1.807) is 13.8 Å². The van der Waals surface area contributed by atoms with E-state index in [0.29, 0.717) is 12.1 Å². The van der Waals surface area contributed by atoms with E-state index in [0.717, 1.165) is 0 Å². The number of sulfone groups is 1. The molecule has 0 unspecified atom stereocenters. The molecule has 2 rings (SSSR count). The van der Waals surface area contributed by atoms with Crippen molar-refractivity contribution < 1.29 is 17.5 Å². The largest absolute Gasteiger partial charge is 0.489 e. The van der Waals surface area contributed by atoms with E-state index in [4.69, 9.17) is 10.5 Å². The summed E-state index contributed by atoms with van der Waals surface area (Å²) in [5.74, 6) is 0.0653. The number of hydrogen-bond donors (Lipinski definition) is 1. The Morgan fingerprint density at radius 1 is 1.26 bits per heavy atom. The first-order valence-electron chi connectivity index (χ1n) is 8.29. The van der Waals surface area contributed by atoms with Gasteiger partial charge in [-0.2, -0.15) is 5.10 Å². The van der Waals surface area contributed by atoms with Crippen LogP contribution < -0.4 is 16.0 Å². The van der Waals surface area contributed by atoms with Gasteiger partial charge in [0, 0.05) is 18.2 Å². The average Bonchev–Trinajstić information content (AvgIpc) is 2.64. The molecule has 27 heavy (non-hydrogen) atoms. The molecule has 0 bridgehead atoms. The molecule has 0 atom stereocenters. The minimum absolute atomic E-state index is 0.0141. The van der Waals surface area contributed by atoms with Crippen LogP contribution >= 0.6 is 0 Å². The summed E-state index contributed by atoms with van der Waals surface area (Å²) in [6.07, 6.45) is 0.391. The monoisotopic (exact) mass is 395 g/mol. The minimum atomic E-state index is -3.65. The Morgan fingerprint density at radius 3 is 2.48 bits per heavy atom. The Bertz CT molecular complexity index is 967. The normalized spacial score (nSPS) is 12.4. The van der Waals surface area contributed by atoms with E-state index in [2.05, 4.69) is 5.10 Å². The van der Waals surface area contributed by atoms with E-state index in [-0.39, 0.29) is 46.7 Å². The Labute approximate surface area is 157 Å². The molecule has 1 aromatic heterocycles. The van der Waals surface area contributed by atoms with E-state index in [1.165, 1.54) is 41.1 Å². The standard InChI is InChI=1S/C18H22FN3O4S/c1-13(2)22-18(23)8-3-15(21-22)12-27(24,25)17-6-4-16(5-7-17)26-11-14(9-19)10-20/h3-9,13H,10-12,20H2,1-2H3/b14-9+. The van der Waals surface area contributed by atoms with Crippen molar-refractivity contribution >= 4 is 9.84 Å². The third-order valence-corrected chi connectivity index (χ3v) is 5.40. The summed E-state index contributed by atoms with van der Waals surface area (Å²) in [6, 6.07) is 8.34. The van der Waals surface area contributed by atoms with Crippen molar-refractivity contribution in [2.24, 2.45) is 5.73 Å². The van der Waals surface area contributed by atoms with Crippen LogP contribution in [0.4, 0.5) is 4.39 Å². The van der Waals surface area contributed by atoms with E-state index in [9.17, 15) is 17.6 Å². The molecule has 2 aromatic rings. The van der Waals surface area contributed by atoms with Gasteiger partial charge in [-0.25, -0.2) is 17.5 Å². The van der Waals surface area contributed by atoms with Gasteiger partial charge in [0.15, 0.2) is 9.84 Å². The summed E-state index contributed by atoms with van der Waals surface area (Å²) in [6.45, 7) is 3.60. The van der Waals surface area contributed by atoms with Crippen LogP contribution in [0.3, 0.4) is 0 Å². The first-order valence-corrected chi connectivity index (χ1v) is 9.94. The Hall–Kier alpha value is -2.52. The predicted molar refractivity (Wildman–Crippen MR) is 100.0 cm³/mol. The number of rotatable bonds is 8. The molecule has 0 saturated heterocycles. The van der Waals surface area contributed by atoms with Crippen LogP contribution in [0, 0.1) is 0 Å². The van der Waals surface area contributed by atoms with Gasteiger partial charge in [0.1, 0.15) is 12.4 Å². The summed E-state index contributed by atoms with van der Waals surface area (Å²) in [5.41, 5.74) is 5.63. The molecule has 0 aliphatic heterocycles.